The number of carbonyl (C=O) groups excluding carboxylic acids is 1. The first-order chi connectivity index (χ1) is 8.69. The van der Waals surface area contributed by atoms with Crippen molar-refractivity contribution in [1.29, 1.82) is 0 Å². The maximum absolute atomic E-state index is 11.5. The third kappa shape index (κ3) is 3.11. The fourth-order valence-corrected chi connectivity index (χ4v) is 3.02. The van der Waals surface area contributed by atoms with Crippen molar-refractivity contribution in [2.45, 2.75) is 45.3 Å². The van der Waals surface area contributed by atoms with Crippen molar-refractivity contribution in [2.75, 3.05) is 32.9 Å². The summed E-state index contributed by atoms with van der Waals surface area (Å²) in [6.45, 7) is 8.20. The van der Waals surface area contributed by atoms with E-state index in [2.05, 4.69) is 18.7 Å². The van der Waals surface area contributed by atoms with E-state index in [-0.39, 0.29) is 11.5 Å². The summed E-state index contributed by atoms with van der Waals surface area (Å²) in [4.78, 5) is 13.9. The largest absolute Gasteiger partial charge is 0.380 e. The monoisotopic (exact) mass is 255 g/mol. The Kier molecular flexibility index (Phi) is 4.76. The van der Waals surface area contributed by atoms with Crippen LogP contribution in [-0.4, -0.2) is 56.2 Å². The molecule has 0 amide bonds. The Morgan fingerprint density at radius 2 is 2.33 bits per heavy atom. The third-order valence-electron chi connectivity index (χ3n) is 4.17. The summed E-state index contributed by atoms with van der Waals surface area (Å²) in [5.74, 6) is 0. The molecule has 4 nitrogen and oxygen atoms in total. The average Bonchev–Trinajstić information content (AvgIpc) is 2.40. The van der Waals surface area contributed by atoms with E-state index in [1.165, 1.54) is 0 Å². The molecule has 3 unspecified atom stereocenters. The van der Waals surface area contributed by atoms with Gasteiger partial charge in [-0.3, -0.25) is 4.90 Å². The first kappa shape index (κ1) is 14.0. The van der Waals surface area contributed by atoms with Crippen LogP contribution in [0, 0.1) is 5.41 Å². The summed E-state index contributed by atoms with van der Waals surface area (Å²) < 4.78 is 11.2. The van der Waals surface area contributed by atoms with E-state index in [0.717, 1.165) is 51.9 Å². The van der Waals surface area contributed by atoms with Crippen LogP contribution in [0.15, 0.2) is 0 Å². The lowest BCUT2D eigenvalue weighted by Gasteiger charge is -2.43. The minimum Gasteiger partial charge on any atom is -0.380 e. The molecule has 0 aromatic heterocycles. The highest BCUT2D eigenvalue weighted by Crippen LogP contribution is 2.29. The molecule has 2 heterocycles. The maximum atomic E-state index is 11.5. The van der Waals surface area contributed by atoms with Crippen LogP contribution in [0.5, 0.6) is 0 Å². The van der Waals surface area contributed by atoms with Gasteiger partial charge in [0.15, 0.2) is 0 Å². The fourth-order valence-electron chi connectivity index (χ4n) is 3.02. The lowest BCUT2D eigenvalue weighted by molar-refractivity contribution is -0.131. The Labute approximate surface area is 110 Å². The predicted octanol–water partition coefficient (Wildman–Crippen LogP) is 1.48. The standard InChI is InChI=1S/C14H25NO3/c1-3-13-8-18-12(2)7-15(13)9-14(10-16)5-4-6-17-11-14/h10,12-13H,3-9,11H2,1-2H3. The quantitative estimate of drug-likeness (QED) is 0.713. The summed E-state index contributed by atoms with van der Waals surface area (Å²) in [7, 11) is 0. The van der Waals surface area contributed by atoms with Crippen LogP contribution in [-0.2, 0) is 14.3 Å². The maximum Gasteiger partial charge on any atom is 0.129 e. The zero-order chi connectivity index (χ0) is 13.0. The minimum atomic E-state index is -0.289. The fraction of sp³-hybridized carbons (Fsp3) is 0.929. The molecule has 3 atom stereocenters. The Hall–Kier alpha value is -0.450. The van der Waals surface area contributed by atoms with E-state index < -0.39 is 0 Å². The van der Waals surface area contributed by atoms with Crippen LogP contribution < -0.4 is 0 Å². The number of morpholine rings is 1. The second-order valence-electron chi connectivity index (χ2n) is 5.77. The predicted molar refractivity (Wildman–Crippen MR) is 69.6 cm³/mol. The molecule has 18 heavy (non-hydrogen) atoms. The molecule has 2 fully saturated rings. The summed E-state index contributed by atoms with van der Waals surface area (Å²) in [6.07, 6.45) is 4.41. The van der Waals surface area contributed by atoms with Crippen LogP contribution >= 0.6 is 0 Å². The molecule has 104 valence electrons. The molecule has 0 saturated carbocycles. The molecule has 0 bridgehead atoms. The average molecular weight is 255 g/mol. The van der Waals surface area contributed by atoms with Gasteiger partial charge in [0.2, 0.25) is 0 Å². The summed E-state index contributed by atoms with van der Waals surface area (Å²) in [6, 6.07) is 0.444. The van der Waals surface area contributed by atoms with Crippen molar-refractivity contribution >= 4 is 6.29 Å². The van der Waals surface area contributed by atoms with E-state index in [4.69, 9.17) is 9.47 Å². The van der Waals surface area contributed by atoms with Gasteiger partial charge in [0.05, 0.1) is 24.7 Å². The normalized spacial score (nSPS) is 38.6. The lowest BCUT2D eigenvalue weighted by Crippen LogP contribution is -2.54. The van der Waals surface area contributed by atoms with Crippen molar-refractivity contribution in [3.63, 3.8) is 0 Å². The first-order valence-electron chi connectivity index (χ1n) is 7.09. The number of hydrogen-bond donors (Lipinski definition) is 0. The van der Waals surface area contributed by atoms with Gasteiger partial charge in [-0.05, 0) is 26.2 Å². The van der Waals surface area contributed by atoms with Gasteiger partial charge < -0.3 is 14.3 Å². The zero-order valence-electron chi connectivity index (χ0n) is 11.6. The molecule has 0 radical (unpaired) electrons. The van der Waals surface area contributed by atoms with Crippen molar-refractivity contribution < 1.29 is 14.3 Å². The molecule has 2 saturated heterocycles. The Balaban J connectivity index is 2.01. The van der Waals surface area contributed by atoms with Gasteiger partial charge in [-0.2, -0.15) is 0 Å². The van der Waals surface area contributed by atoms with Crippen molar-refractivity contribution in [1.82, 2.24) is 4.90 Å². The van der Waals surface area contributed by atoms with E-state index in [1.807, 2.05) is 0 Å². The number of rotatable bonds is 4. The molecule has 0 aliphatic carbocycles. The first-order valence-corrected chi connectivity index (χ1v) is 7.09. The van der Waals surface area contributed by atoms with Gasteiger partial charge in [0.1, 0.15) is 6.29 Å². The lowest BCUT2D eigenvalue weighted by atomic mass is 9.83. The molecule has 0 spiro atoms. The summed E-state index contributed by atoms with van der Waals surface area (Å²) in [5, 5.41) is 0. The molecule has 2 aliphatic heterocycles. The van der Waals surface area contributed by atoms with E-state index in [0.29, 0.717) is 12.6 Å². The third-order valence-corrected chi connectivity index (χ3v) is 4.17. The Morgan fingerprint density at radius 3 is 2.94 bits per heavy atom. The molecular formula is C14H25NO3. The smallest absolute Gasteiger partial charge is 0.129 e. The summed E-state index contributed by atoms with van der Waals surface area (Å²) >= 11 is 0. The van der Waals surface area contributed by atoms with Gasteiger partial charge in [0, 0.05) is 25.7 Å². The molecular weight excluding hydrogens is 230 g/mol. The molecule has 4 heteroatoms. The number of nitrogens with zero attached hydrogens (tertiary/aromatic N) is 1. The van der Waals surface area contributed by atoms with Crippen LogP contribution in [0.1, 0.15) is 33.1 Å². The number of carbonyl (C=O) groups is 1. The van der Waals surface area contributed by atoms with Crippen molar-refractivity contribution in [2.24, 2.45) is 5.41 Å². The zero-order valence-corrected chi connectivity index (χ0v) is 11.6. The highest BCUT2D eigenvalue weighted by atomic mass is 16.5. The van der Waals surface area contributed by atoms with Gasteiger partial charge in [-0.15, -0.1) is 0 Å². The van der Waals surface area contributed by atoms with Crippen molar-refractivity contribution in [3.05, 3.63) is 0 Å². The van der Waals surface area contributed by atoms with E-state index in [9.17, 15) is 4.79 Å². The highest BCUT2D eigenvalue weighted by molar-refractivity contribution is 5.60. The van der Waals surface area contributed by atoms with Crippen molar-refractivity contribution in [3.8, 4) is 0 Å². The van der Waals surface area contributed by atoms with Gasteiger partial charge in [-0.25, -0.2) is 0 Å². The van der Waals surface area contributed by atoms with Gasteiger partial charge in [0.25, 0.3) is 0 Å². The molecule has 2 aliphatic rings. The van der Waals surface area contributed by atoms with Gasteiger partial charge >= 0.3 is 0 Å². The number of hydrogen-bond acceptors (Lipinski definition) is 4. The number of ether oxygens (including phenoxy) is 2. The molecule has 0 aromatic rings. The van der Waals surface area contributed by atoms with Crippen LogP contribution in [0.25, 0.3) is 0 Å². The van der Waals surface area contributed by atoms with Crippen LogP contribution in [0.4, 0.5) is 0 Å². The Morgan fingerprint density at radius 1 is 1.50 bits per heavy atom. The van der Waals surface area contributed by atoms with E-state index in [1.54, 1.807) is 0 Å². The van der Waals surface area contributed by atoms with Gasteiger partial charge in [-0.1, -0.05) is 6.92 Å². The molecule has 0 N–H and O–H groups in total. The van der Waals surface area contributed by atoms with E-state index >= 15 is 0 Å². The molecule has 2 rings (SSSR count). The van der Waals surface area contributed by atoms with Crippen LogP contribution in [0.2, 0.25) is 0 Å². The summed E-state index contributed by atoms with van der Waals surface area (Å²) in [5.41, 5.74) is -0.289. The van der Waals surface area contributed by atoms with Crippen LogP contribution in [0.3, 0.4) is 0 Å². The topological polar surface area (TPSA) is 38.8 Å². The minimum absolute atomic E-state index is 0.265. The highest BCUT2D eigenvalue weighted by Gasteiger charge is 2.37. The SMILES string of the molecule is CCC1COC(C)CN1CC1(C=O)CCCOC1. The molecule has 0 aromatic carbocycles. The second-order valence-corrected chi connectivity index (χ2v) is 5.77. The Bertz CT molecular complexity index is 276. The second kappa shape index (κ2) is 6.13. The number of aldehydes is 1.